The maximum Gasteiger partial charge on any atom is 0.437 e. The van der Waals surface area contributed by atoms with E-state index in [1.54, 1.807) is 0 Å². The Kier molecular flexibility index (Phi) is 5.13. The van der Waals surface area contributed by atoms with Gasteiger partial charge in [0.1, 0.15) is 5.92 Å². The van der Waals surface area contributed by atoms with Gasteiger partial charge in [-0.1, -0.05) is 6.07 Å². The molecule has 0 saturated carbocycles. The number of amides is 2. The van der Waals surface area contributed by atoms with Crippen LogP contribution in [0.4, 0.5) is 26.7 Å². The van der Waals surface area contributed by atoms with E-state index in [2.05, 4.69) is 10.1 Å². The number of rotatable bonds is 3. The van der Waals surface area contributed by atoms with Crippen molar-refractivity contribution in [3.8, 4) is 0 Å². The lowest BCUT2D eigenvalue weighted by Crippen LogP contribution is -2.73. The van der Waals surface area contributed by atoms with E-state index in [1.165, 1.54) is 6.92 Å². The molecule has 6 nitrogen and oxygen atoms in total. The van der Waals surface area contributed by atoms with Crippen LogP contribution < -0.4 is 5.32 Å². The second kappa shape index (κ2) is 6.71. The number of carbonyl (C=O) groups is 2. The summed E-state index contributed by atoms with van der Waals surface area (Å²) >= 11 is 0. The normalized spacial score (nSPS) is 26.5. The molecule has 0 radical (unpaired) electrons. The molecule has 0 aliphatic carbocycles. The molecule has 0 aromatic heterocycles. The van der Waals surface area contributed by atoms with Crippen molar-refractivity contribution >= 4 is 12.0 Å². The SMILES string of the molecule is CCOC(=O)[C@@H]1[C@@H](c2ccc(F)c(F)c2)NC(=O)N(C)[C@]1(O)C(F)(F)F. The van der Waals surface area contributed by atoms with Crippen molar-refractivity contribution in [1.29, 1.82) is 0 Å². The summed E-state index contributed by atoms with van der Waals surface area (Å²) < 4.78 is 72.1. The van der Waals surface area contributed by atoms with E-state index in [0.29, 0.717) is 19.2 Å². The summed E-state index contributed by atoms with van der Waals surface area (Å²) in [5, 5.41) is 12.4. The van der Waals surface area contributed by atoms with E-state index in [9.17, 15) is 36.6 Å². The van der Waals surface area contributed by atoms with Gasteiger partial charge < -0.3 is 15.2 Å². The Morgan fingerprint density at radius 2 is 1.96 bits per heavy atom. The zero-order valence-electron chi connectivity index (χ0n) is 13.6. The molecule has 2 rings (SSSR count). The number of halogens is 5. The molecule has 144 valence electrons. The lowest BCUT2D eigenvalue weighted by Gasteiger charge is -2.49. The minimum Gasteiger partial charge on any atom is -0.466 e. The van der Waals surface area contributed by atoms with Crippen LogP contribution in [-0.4, -0.2) is 47.6 Å². The zero-order valence-corrected chi connectivity index (χ0v) is 13.6. The van der Waals surface area contributed by atoms with Gasteiger partial charge >= 0.3 is 18.2 Å². The average molecular weight is 382 g/mol. The molecule has 1 heterocycles. The monoisotopic (exact) mass is 382 g/mol. The maximum atomic E-state index is 13.6. The Morgan fingerprint density at radius 3 is 2.46 bits per heavy atom. The average Bonchev–Trinajstić information content (AvgIpc) is 2.54. The van der Waals surface area contributed by atoms with Crippen molar-refractivity contribution in [1.82, 2.24) is 10.2 Å². The fraction of sp³-hybridized carbons (Fsp3) is 0.467. The van der Waals surface area contributed by atoms with Gasteiger partial charge in [0.05, 0.1) is 12.6 Å². The number of ether oxygens (including phenoxy) is 1. The molecule has 1 aliphatic heterocycles. The molecule has 3 atom stereocenters. The number of nitrogens with one attached hydrogen (secondary N) is 1. The topological polar surface area (TPSA) is 78.9 Å². The maximum absolute atomic E-state index is 13.6. The van der Waals surface area contributed by atoms with Crippen LogP contribution in [0.5, 0.6) is 0 Å². The molecule has 0 unspecified atom stereocenters. The van der Waals surface area contributed by atoms with Crippen LogP contribution in [0.3, 0.4) is 0 Å². The van der Waals surface area contributed by atoms with E-state index in [0.717, 1.165) is 6.07 Å². The predicted octanol–water partition coefficient (Wildman–Crippen LogP) is 2.09. The van der Waals surface area contributed by atoms with Gasteiger partial charge in [0.25, 0.3) is 5.72 Å². The van der Waals surface area contributed by atoms with Crippen molar-refractivity contribution in [2.75, 3.05) is 13.7 Å². The fourth-order valence-electron chi connectivity index (χ4n) is 2.79. The third-order valence-electron chi connectivity index (χ3n) is 4.12. The number of hydrogen-bond acceptors (Lipinski definition) is 4. The number of urea groups is 1. The predicted molar refractivity (Wildman–Crippen MR) is 76.5 cm³/mol. The van der Waals surface area contributed by atoms with Gasteiger partial charge in [-0.05, 0) is 24.6 Å². The molecule has 11 heteroatoms. The van der Waals surface area contributed by atoms with Gasteiger partial charge in [-0.15, -0.1) is 0 Å². The molecule has 1 saturated heterocycles. The van der Waals surface area contributed by atoms with Crippen LogP contribution in [-0.2, 0) is 9.53 Å². The molecule has 26 heavy (non-hydrogen) atoms. The number of nitrogens with zero attached hydrogens (tertiary/aromatic N) is 1. The number of alkyl halides is 3. The molecule has 2 amide bonds. The van der Waals surface area contributed by atoms with Crippen molar-refractivity contribution in [3.63, 3.8) is 0 Å². The number of aliphatic hydroxyl groups is 1. The van der Waals surface area contributed by atoms with Crippen LogP contribution >= 0.6 is 0 Å². The summed E-state index contributed by atoms with van der Waals surface area (Å²) in [5.41, 5.74) is -4.26. The Hall–Kier alpha value is -2.43. The van der Waals surface area contributed by atoms with E-state index >= 15 is 0 Å². The lowest BCUT2D eigenvalue weighted by atomic mass is 9.81. The molecule has 2 N–H and O–H groups in total. The summed E-state index contributed by atoms with van der Waals surface area (Å²) in [5.74, 6) is -6.51. The third-order valence-corrected chi connectivity index (χ3v) is 4.12. The molecule has 0 bridgehead atoms. The van der Waals surface area contributed by atoms with E-state index < -0.39 is 47.5 Å². The van der Waals surface area contributed by atoms with Crippen molar-refractivity contribution in [2.45, 2.75) is 24.9 Å². The first kappa shape index (κ1) is 19.9. The first-order valence-electron chi connectivity index (χ1n) is 7.40. The van der Waals surface area contributed by atoms with Gasteiger partial charge in [-0.2, -0.15) is 13.2 Å². The van der Waals surface area contributed by atoms with Crippen LogP contribution in [0, 0.1) is 17.6 Å². The Morgan fingerprint density at radius 1 is 1.35 bits per heavy atom. The molecular formula is C15H15F5N2O4. The Bertz CT molecular complexity index is 726. The molecule has 0 spiro atoms. The highest BCUT2D eigenvalue weighted by Crippen LogP contribution is 2.46. The quantitative estimate of drug-likeness (QED) is 0.620. The molecule has 1 aliphatic rings. The molecular weight excluding hydrogens is 367 g/mol. The number of benzene rings is 1. The number of hydrogen-bond donors (Lipinski definition) is 2. The summed E-state index contributed by atoms with van der Waals surface area (Å²) in [6, 6.07) is -1.10. The van der Waals surface area contributed by atoms with Gasteiger partial charge in [-0.3, -0.25) is 9.69 Å². The number of esters is 1. The molecule has 1 fully saturated rings. The second-order valence-corrected chi connectivity index (χ2v) is 5.61. The highest BCUT2D eigenvalue weighted by atomic mass is 19.4. The highest BCUT2D eigenvalue weighted by Gasteiger charge is 2.69. The van der Waals surface area contributed by atoms with Gasteiger partial charge in [0.2, 0.25) is 0 Å². The fourth-order valence-corrected chi connectivity index (χ4v) is 2.79. The number of carbonyl (C=O) groups excluding carboxylic acids is 2. The molecule has 1 aromatic carbocycles. The summed E-state index contributed by atoms with van der Waals surface area (Å²) in [6.07, 6.45) is -5.44. The minimum absolute atomic E-state index is 0.0784. The standard InChI is InChI=1S/C15H15F5N2O4/c1-3-26-12(23)10-11(7-4-5-8(16)9(17)6-7)21-13(24)22(2)14(10,25)15(18,19)20/h4-6,10-11,25H,3H2,1-2H3,(H,21,24)/t10-,11+,14+/m0/s1. The van der Waals surface area contributed by atoms with E-state index in [4.69, 9.17) is 0 Å². The zero-order chi connectivity index (χ0) is 19.9. The second-order valence-electron chi connectivity index (χ2n) is 5.61. The van der Waals surface area contributed by atoms with Gasteiger partial charge in [-0.25, -0.2) is 13.6 Å². The first-order valence-corrected chi connectivity index (χ1v) is 7.40. The highest BCUT2D eigenvalue weighted by molar-refractivity contribution is 5.83. The smallest absolute Gasteiger partial charge is 0.437 e. The summed E-state index contributed by atoms with van der Waals surface area (Å²) in [7, 11) is 0.649. The summed E-state index contributed by atoms with van der Waals surface area (Å²) in [6.45, 7) is 1.04. The third kappa shape index (κ3) is 3.06. The summed E-state index contributed by atoms with van der Waals surface area (Å²) in [4.78, 5) is 24.1. The van der Waals surface area contributed by atoms with E-state index in [-0.39, 0.29) is 17.1 Å². The van der Waals surface area contributed by atoms with Crippen LogP contribution in [0.1, 0.15) is 18.5 Å². The van der Waals surface area contributed by atoms with Crippen LogP contribution in [0.15, 0.2) is 18.2 Å². The van der Waals surface area contributed by atoms with Crippen LogP contribution in [0.2, 0.25) is 0 Å². The minimum atomic E-state index is -5.44. The van der Waals surface area contributed by atoms with Crippen molar-refractivity contribution in [2.24, 2.45) is 5.92 Å². The Labute approximate surface area is 144 Å². The van der Waals surface area contributed by atoms with E-state index in [1.807, 2.05) is 0 Å². The van der Waals surface area contributed by atoms with Crippen molar-refractivity contribution in [3.05, 3.63) is 35.4 Å². The lowest BCUT2D eigenvalue weighted by molar-refractivity contribution is -0.328. The first-order chi connectivity index (χ1) is 11.9. The van der Waals surface area contributed by atoms with Gasteiger partial charge in [0.15, 0.2) is 11.6 Å². The van der Waals surface area contributed by atoms with Crippen LogP contribution in [0.25, 0.3) is 0 Å². The van der Waals surface area contributed by atoms with Crippen molar-refractivity contribution < 1.29 is 41.4 Å². The largest absolute Gasteiger partial charge is 0.466 e. The molecule has 1 aromatic rings. The van der Waals surface area contributed by atoms with Gasteiger partial charge in [0, 0.05) is 7.05 Å². The Balaban J connectivity index is 2.66.